The van der Waals surface area contributed by atoms with Gasteiger partial charge >= 0.3 is 15.2 Å². The van der Waals surface area contributed by atoms with Gasteiger partial charge in [0.25, 0.3) is 0 Å². The van der Waals surface area contributed by atoms with Crippen LogP contribution in [0.5, 0.6) is 11.5 Å². The second kappa shape index (κ2) is 10.5. The molecule has 0 saturated carbocycles. The molecule has 0 bridgehead atoms. The number of ether oxygens (including phenoxy) is 1. The first-order valence-electron chi connectivity index (χ1n) is 11.4. The summed E-state index contributed by atoms with van der Waals surface area (Å²) >= 11 is 6.16. The van der Waals surface area contributed by atoms with E-state index >= 15 is 0 Å². The number of hydrogen-bond donors (Lipinski definition) is 8. The maximum absolute atomic E-state index is 12.0. The molecule has 16 nitrogen and oxygen atoms in total. The average Bonchev–Trinajstić information content (AvgIpc) is 3.38. The fourth-order valence-corrected chi connectivity index (χ4v) is 7.00. The van der Waals surface area contributed by atoms with Crippen LogP contribution in [-0.2, 0) is 18.4 Å². The topological polar surface area (TPSA) is 250 Å². The van der Waals surface area contributed by atoms with Crippen molar-refractivity contribution >= 4 is 60.2 Å². The molecule has 1 aliphatic heterocycles. The molecular weight excluding hydrogens is 596 g/mol. The van der Waals surface area contributed by atoms with Gasteiger partial charge in [-0.2, -0.15) is 9.97 Å². The van der Waals surface area contributed by atoms with E-state index in [1.807, 2.05) is 0 Å². The van der Waals surface area contributed by atoms with Crippen LogP contribution in [0.4, 0.5) is 11.5 Å². The van der Waals surface area contributed by atoms with Crippen LogP contribution in [0.2, 0.25) is 5.28 Å². The van der Waals surface area contributed by atoms with Crippen LogP contribution in [0.15, 0.2) is 36.7 Å². The number of rotatable bonds is 8. The summed E-state index contributed by atoms with van der Waals surface area (Å²) in [6, 6.07) is 7.87. The maximum Gasteiger partial charge on any atom is 0.340 e. The van der Waals surface area contributed by atoms with E-state index in [2.05, 4.69) is 20.3 Å². The zero-order valence-electron chi connectivity index (χ0n) is 20.0. The van der Waals surface area contributed by atoms with Crippen molar-refractivity contribution in [3.05, 3.63) is 41.9 Å². The van der Waals surface area contributed by atoms with Crippen LogP contribution in [0.25, 0.3) is 21.9 Å². The van der Waals surface area contributed by atoms with Crippen LogP contribution in [0.1, 0.15) is 6.23 Å². The number of aliphatic hydroxyl groups excluding tert-OH is 2. The van der Waals surface area contributed by atoms with E-state index in [1.165, 1.54) is 23.0 Å². The van der Waals surface area contributed by atoms with Crippen LogP contribution in [-0.4, -0.2) is 85.4 Å². The molecule has 0 amide bonds. The lowest BCUT2D eigenvalue weighted by Gasteiger charge is -2.18. The first-order chi connectivity index (χ1) is 18.7. The van der Waals surface area contributed by atoms with Gasteiger partial charge in [0, 0.05) is 11.1 Å². The van der Waals surface area contributed by atoms with E-state index in [-0.39, 0.29) is 33.8 Å². The van der Waals surface area contributed by atoms with Crippen molar-refractivity contribution < 1.29 is 53.5 Å². The smallest absolute Gasteiger partial charge is 0.340 e. The van der Waals surface area contributed by atoms with E-state index < -0.39 is 52.2 Å². The normalized spacial score (nSPS) is 23.1. The Balaban J connectivity index is 1.43. The van der Waals surface area contributed by atoms with Gasteiger partial charge in [0.05, 0.1) is 12.9 Å². The first kappa shape index (κ1) is 28.6. The Kier molecular flexibility index (Phi) is 7.52. The number of phenolic OH excluding ortho intramolecular Hbond substituents is 2. The summed E-state index contributed by atoms with van der Waals surface area (Å²) in [5, 5.41) is 44.9. The van der Waals surface area contributed by atoms with Gasteiger partial charge in [-0.15, -0.1) is 0 Å². The van der Waals surface area contributed by atoms with Crippen LogP contribution < -0.4 is 5.32 Å². The Labute approximate surface area is 229 Å². The largest absolute Gasteiger partial charge is 0.504 e. The number of halogens is 1. The Morgan fingerprint density at radius 1 is 1.07 bits per heavy atom. The quantitative estimate of drug-likeness (QED) is 0.0796. The molecule has 0 spiro atoms. The molecule has 214 valence electrons. The molecule has 19 heteroatoms. The zero-order valence-corrected chi connectivity index (χ0v) is 22.6. The number of aromatic nitrogens is 4. The Bertz CT molecular complexity index is 1700. The lowest BCUT2D eigenvalue weighted by molar-refractivity contribution is -0.0483. The predicted octanol–water partition coefficient (Wildman–Crippen LogP) is 1.74. The number of nitrogens with zero attached hydrogens (tertiary/aromatic N) is 4. The number of aliphatic hydroxyl groups is 2. The highest BCUT2D eigenvalue weighted by atomic mass is 35.5. The highest BCUT2D eigenvalue weighted by Crippen LogP contribution is 2.55. The minimum atomic E-state index is -4.87. The third-order valence-corrected chi connectivity index (χ3v) is 9.66. The third kappa shape index (κ3) is 5.78. The SMILES string of the molecule is O=P(O)(O)CP(=O)(O)OC[C@H]1O[C@@H](n2cnc3c(Nc4cccc5cc(O)c(O)cc45)nc(Cl)nc32)C(O)C1O. The van der Waals surface area contributed by atoms with E-state index in [0.29, 0.717) is 16.5 Å². The van der Waals surface area contributed by atoms with Crippen molar-refractivity contribution in [1.29, 1.82) is 0 Å². The lowest BCUT2D eigenvalue weighted by atomic mass is 10.1. The molecule has 3 unspecified atom stereocenters. The van der Waals surface area contributed by atoms with E-state index in [1.54, 1.807) is 18.2 Å². The zero-order chi connectivity index (χ0) is 29.0. The summed E-state index contributed by atoms with van der Waals surface area (Å²) in [6.07, 6.45) is -4.64. The van der Waals surface area contributed by atoms with Crippen LogP contribution >= 0.6 is 26.8 Å². The first-order valence-corrected chi connectivity index (χ1v) is 15.3. The van der Waals surface area contributed by atoms with Crippen molar-refractivity contribution in [2.75, 3.05) is 17.8 Å². The van der Waals surface area contributed by atoms with Crippen molar-refractivity contribution in [1.82, 2.24) is 19.5 Å². The molecule has 0 radical (unpaired) electrons. The van der Waals surface area contributed by atoms with Crippen LogP contribution in [0.3, 0.4) is 0 Å². The molecule has 1 fully saturated rings. The molecular formula is C21H22ClN5O11P2. The number of aromatic hydroxyl groups is 2. The Morgan fingerprint density at radius 3 is 2.52 bits per heavy atom. The summed E-state index contributed by atoms with van der Waals surface area (Å²) in [7, 11) is -9.60. The Morgan fingerprint density at radius 2 is 1.80 bits per heavy atom. The van der Waals surface area contributed by atoms with Gasteiger partial charge in [0.15, 0.2) is 40.6 Å². The van der Waals surface area contributed by atoms with E-state index in [4.69, 9.17) is 30.6 Å². The summed E-state index contributed by atoms with van der Waals surface area (Å²) in [5.74, 6) is -1.91. The van der Waals surface area contributed by atoms with Gasteiger partial charge in [-0.1, -0.05) is 12.1 Å². The number of fused-ring (bicyclic) bond motifs is 2. The van der Waals surface area contributed by atoms with Crippen molar-refractivity contribution in [2.24, 2.45) is 0 Å². The summed E-state index contributed by atoms with van der Waals surface area (Å²) in [6.45, 7) is -0.763. The molecule has 2 aromatic heterocycles. The summed E-state index contributed by atoms with van der Waals surface area (Å²) in [4.78, 5) is 40.2. The van der Waals surface area contributed by atoms with Crippen molar-refractivity contribution in [2.45, 2.75) is 24.5 Å². The number of anilines is 2. The summed E-state index contributed by atoms with van der Waals surface area (Å²) in [5.41, 5.74) is 0.734. The Hall–Kier alpha value is -2.88. The second-order valence-electron chi connectivity index (χ2n) is 8.94. The van der Waals surface area contributed by atoms with Crippen molar-refractivity contribution in [3.8, 4) is 11.5 Å². The minimum absolute atomic E-state index is 0.0791. The van der Waals surface area contributed by atoms with Crippen molar-refractivity contribution in [3.63, 3.8) is 0 Å². The molecule has 3 heterocycles. The monoisotopic (exact) mass is 617 g/mol. The predicted molar refractivity (Wildman–Crippen MR) is 140 cm³/mol. The van der Waals surface area contributed by atoms with E-state index in [0.717, 1.165) is 0 Å². The van der Waals surface area contributed by atoms with Crippen LogP contribution in [0, 0.1) is 0 Å². The highest BCUT2D eigenvalue weighted by Gasteiger charge is 2.45. The standard InChI is InChI=1S/C21H22ClN5O11P2/c22-21-25-18(24-11-3-1-2-9-4-12(28)13(29)5-10(9)11)15-19(26-21)27(7-23-15)20-17(31)16(30)14(38-20)6-37-40(35,36)8-39(32,33)34/h1-5,7,14,16-17,20,28-31H,6,8H2,(H,35,36)(H,24,25,26)(H2,32,33,34)/t14-,16?,17?,20-/m1/s1. The number of phenols is 2. The molecule has 5 rings (SSSR count). The highest BCUT2D eigenvalue weighted by molar-refractivity contribution is 7.70. The fraction of sp³-hybridized carbons (Fsp3) is 0.286. The maximum atomic E-state index is 12.0. The molecule has 2 aromatic carbocycles. The second-order valence-corrected chi connectivity index (χ2v) is 13.3. The molecule has 4 aromatic rings. The van der Waals surface area contributed by atoms with Gasteiger partial charge in [-0.3, -0.25) is 13.7 Å². The minimum Gasteiger partial charge on any atom is -0.504 e. The molecule has 1 saturated heterocycles. The fourth-order valence-electron chi connectivity index (χ4n) is 4.26. The van der Waals surface area contributed by atoms with Gasteiger partial charge in [-0.25, -0.2) is 4.98 Å². The molecule has 1 aliphatic rings. The average molecular weight is 618 g/mol. The van der Waals surface area contributed by atoms with E-state index in [9.17, 15) is 34.4 Å². The van der Waals surface area contributed by atoms with Gasteiger partial charge < -0.3 is 49.7 Å². The lowest BCUT2D eigenvalue weighted by Crippen LogP contribution is -2.33. The molecule has 8 N–H and O–H groups in total. The molecule has 5 atom stereocenters. The van der Waals surface area contributed by atoms with Gasteiger partial charge in [0.1, 0.15) is 18.3 Å². The number of imidazole rings is 1. The molecule has 0 aliphatic carbocycles. The van der Waals surface area contributed by atoms with Gasteiger partial charge in [0.2, 0.25) is 5.28 Å². The van der Waals surface area contributed by atoms with Gasteiger partial charge in [-0.05, 0) is 35.2 Å². The number of hydrogen-bond acceptors (Lipinski definition) is 12. The summed E-state index contributed by atoms with van der Waals surface area (Å²) < 4.78 is 34.6. The number of benzene rings is 2. The third-order valence-electron chi connectivity index (χ3n) is 6.04. The number of nitrogens with one attached hydrogen (secondary N) is 1. The molecule has 40 heavy (non-hydrogen) atoms.